The van der Waals surface area contributed by atoms with Gasteiger partial charge >= 0.3 is 0 Å². The third-order valence-corrected chi connectivity index (χ3v) is 1.95. The molecule has 5 heteroatoms. The van der Waals surface area contributed by atoms with Crippen molar-refractivity contribution in [1.82, 2.24) is 4.98 Å². The summed E-state index contributed by atoms with van der Waals surface area (Å²) >= 11 is 0. The number of nitrogens with zero attached hydrogens (tertiary/aromatic N) is 2. The summed E-state index contributed by atoms with van der Waals surface area (Å²) in [6, 6.07) is 3.66. The zero-order valence-corrected chi connectivity index (χ0v) is 11.0. The number of pyridine rings is 1. The molecule has 0 unspecified atom stereocenters. The quantitative estimate of drug-likeness (QED) is 0.574. The van der Waals surface area contributed by atoms with E-state index in [-0.39, 0.29) is 12.4 Å². The first-order valence-corrected chi connectivity index (χ1v) is 4.94. The maximum atomic E-state index is 5.55. The summed E-state index contributed by atoms with van der Waals surface area (Å²) in [5, 5.41) is 0. The molecule has 0 radical (unpaired) electrons. The largest absolute Gasteiger partial charge is 1.00 e. The minimum absolute atomic E-state index is 0. The van der Waals surface area contributed by atoms with E-state index in [1.54, 1.807) is 19.4 Å². The topological polar surface area (TPSA) is 31.4 Å². The number of halogens is 1. The normalized spacial score (nSPS) is 10.5. The second-order valence-electron chi connectivity index (χ2n) is 4.40. The molecule has 4 nitrogen and oxygen atoms in total. The van der Waals surface area contributed by atoms with Crippen molar-refractivity contribution in [2.45, 2.75) is 0 Å². The van der Waals surface area contributed by atoms with E-state index in [0.29, 0.717) is 12.5 Å². The van der Waals surface area contributed by atoms with E-state index in [1.807, 2.05) is 6.07 Å². The molecule has 1 aromatic rings. The standard InChI is InChI=1S/C11H19N2O2.ClH/c1-13(2,3)7-8-15-10-5-6-11(14-4)12-9-10;/h5-6,9H,7-8H2,1-4H3;1H/q+1;/p-1. The highest BCUT2D eigenvalue weighted by Crippen LogP contribution is 2.13. The van der Waals surface area contributed by atoms with E-state index >= 15 is 0 Å². The van der Waals surface area contributed by atoms with Crippen LogP contribution in [0.5, 0.6) is 11.6 Å². The van der Waals surface area contributed by atoms with Gasteiger partial charge < -0.3 is 26.4 Å². The SMILES string of the molecule is COc1ccc(OCC[N+](C)(C)C)cn1.[Cl-]. The van der Waals surface area contributed by atoms with Crippen LogP contribution in [0, 0.1) is 0 Å². The van der Waals surface area contributed by atoms with E-state index < -0.39 is 0 Å². The molecule has 0 aromatic carbocycles. The first-order chi connectivity index (χ1) is 7.01. The lowest BCUT2D eigenvalue weighted by molar-refractivity contribution is -0.870. The Morgan fingerprint density at radius 1 is 1.25 bits per heavy atom. The van der Waals surface area contributed by atoms with Crippen LogP contribution >= 0.6 is 0 Å². The molecule has 0 saturated carbocycles. The zero-order valence-electron chi connectivity index (χ0n) is 10.2. The fraction of sp³-hybridized carbons (Fsp3) is 0.545. The van der Waals surface area contributed by atoms with Crippen LogP contribution in [-0.4, -0.2) is 50.9 Å². The summed E-state index contributed by atoms with van der Waals surface area (Å²) in [5.41, 5.74) is 0. The number of quaternary nitrogens is 1. The van der Waals surface area contributed by atoms with Crippen molar-refractivity contribution in [3.63, 3.8) is 0 Å². The van der Waals surface area contributed by atoms with Crippen molar-refractivity contribution in [1.29, 1.82) is 0 Å². The molecule has 0 fully saturated rings. The molecule has 0 spiro atoms. The van der Waals surface area contributed by atoms with Crippen LogP contribution in [0.15, 0.2) is 18.3 Å². The minimum atomic E-state index is 0. The van der Waals surface area contributed by atoms with Crippen LogP contribution in [0.1, 0.15) is 0 Å². The molecule has 1 aromatic heterocycles. The fourth-order valence-corrected chi connectivity index (χ4v) is 1.01. The predicted molar refractivity (Wildman–Crippen MR) is 59.2 cm³/mol. The number of ether oxygens (including phenoxy) is 2. The number of hydrogen-bond donors (Lipinski definition) is 0. The second kappa shape index (κ2) is 6.55. The zero-order chi connectivity index (χ0) is 11.3. The maximum Gasteiger partial charge on any atom is 0.213 e. The maximum absolute atomic E-state index is 5.55. The fourth-order valence-electron chi connectivity index (χ4n) is 1.01. The molecule has 0 aliphatic rings. The van der Waals surface area contributed by atoms with Gasteiger partial charge in [0.25, 0.3) is 0 Å². The number of rotatable bonds is 5. The van der Waals surface area contributed by atoms with Crippen LogP contribution < -0.4 is 21.9 Å². The Balaban J connectivity index is 0.00000225. The molecule has 0 saturated heterocycles. The molecule has 16 heavy (non-hydrogen) atoms. The van der Waals surface area contributed by atoms with Gasteiger partial charge in [0.2, 0.25) is 5.88 Å². The number of hydrogen-bond acceptors (Lipinski definition) is 3. The van der Waals surface area contributed by atoms with E-state index in [4.69, 9.17) is 9.47 Å². The first-order valence-electron chi connectivity index (χ1n) is 4.94. The van der Waals surface area contributed by atoms with Crippen molar-refractivity contribution in [3.05, 3.63) is 18.3 Å². The van der Waals surface area contributed by atoms with Crippen molar-refractivity contribution in [2.75, 3.05) is 41.4 Å². The first kappa shape index (κ1) is 15.0. The Hall–Kier alpha value is -1.00. The van der Waals surface area contributed by atoms with Crippen LogP contribution in [0.3, 0.4) is 0 Å². The highest BCUT2D eigenvalue weighted by Gasteiger charge is 2.06. The average Bonchev–Trinajstić information content (AvgIpc) is 2.17. The summed E-state index contributed by atoms with van der Waals surface area (Å²) in [6.45, 7) is 1.66. The Morgan fingerprint density at radius 2 is 1.94 bits per heavy atom. The van der Waals surface area contributed by atoms with Gasteiger partial charge in [-0.15, -0.1) is 0 Å². The van der Waals surface area contributed by atoms with E-state index in [0.717, 1.165) is 16.8 Å². The monoisotopic (exact) mass is 246 g/mol. The van der Waals surface area contributed by atoms with Gasteiger partial charge in [-0.2, -0.15) is 0 Å². The van der Waals surface area contributed by atoms with Gasteiger partial charge in [0, 0.05) is 6.07 Å². The highest BCUT2D eigenvalue weighted by molar-refractivity contribution is 5.22. The van der Waals surface area contributed by atoms with Crippen molar-refractivity contribution in [3.8, 4) is 11.6 Å². The van der Waals surface area contributed by atoms with Gasteiger partial charge in [-0.3, -0.25) is 0 Å². The number of methoxy groups -OCH3 is 1. The Labute approximate surface area is 103 Å². The molecule has 1 rings (SSSR count). The second-order valence-corrected chi connectivity index (χ2v) is 4.40. The van der Waals surface area contributed by atoms with Gasteiger partial charge in [-0.05, 0) is 6.07 Å². The summed E-state index contributed by atoms with van der Waals surface area (Å²) in [7, 11) is 8.00. The minimum Gasteiger partial charge on any atom is -1.00 e. The molecule has 0 aliphatic carbocycles. The summed E-state index contributed by atoms with van der Waals surface area (Å²) in [4.78, 5) is 4.06. The third-order valence-electron chi connectivity index (χ3n) is 1.95. The summed E-state index contributed by atoms with van der Waals surface area (Å²) in [6.07, 6.45) is 1.68. The predicted octanol–water partition coefficient (Wildman–Crippen LogP) is -1.82. The van der Waals surface area contributed by atoms with Gasteiger partial charge in [0.1, 0.15) is 18.9 Å². The average molecular weight is 247 g/mol. The molecule has 0 amide bonds. The van der Waals surface area contributed by atoms with Crippen molar-refractivity contribution < 1.29 is 26.4 Å². The van der Waals surface area contributed by atoms with E-state index in [1.165, 1.54) is 0 Å². The third kappa shape index (κ3) is 5.78. The van der Waals surface area contributed by atoms with Crippen LogP contribution in [0.2, 0.25) is 0 Å². The number of aromatic nitrogens is 1. The van der Waals surface area contributed by atoms with Crippen LogP contribution in [0.4, 0.5) is 0 Å². The van der Waals surface area contributed by atoms with E-state index in [2.05, 4.69) is 26.1 Å². The summed E-state index contributed by atoms with van der Waals surface area (Å²) in [5.74, 6) is 1.39. The molecule has 0 atom stereocenters. The lowest BCUT2D eigenvalue weighted by Gasteiger charge is -2.23. The Bertz CT molecular complexity index is 296. The highest BCUT2D eigenvalue weighted by atomic mass is 35.5. The molecular weight excluding hydrogens is 228 g/mol. The Kier molecular flexibility index (Phi) is 6.14. The van der Waals surface area contributed by atoms with Gasteiger partial charge in [0.05, 0.1) is 34.4 Å². The smallest absolute Gasteiger partial charge is 0.213 e. The molecular formula is C11H19ClN2O2. The summed E-state index contributed by atoms with van der Waals surface area (Å²) < 4.78 is 11.4. The van der Waals surface area contributed by atoms with Crippen LogP contribution in [0.25, 0.3) is 0 Å². The molecule has 1 heterocycles. The van der Waals surface area contributed by atoms with Gasteiger partial charge in [-0.25, -0.2) is 4.98 Å². The van der Waals surface area contributed by atoms with E-state index in [9.17, 15) is 0 Å². The van der Waals surface area contributed by atoms with Crippen molar-refractivity contribution in [2.24, 2.45) is 0 Å². The molecule has 0 N–H and O–H groups in total. The lowest BCUT2D eigenvalue weighted by Crippen LogP contribution is -3.00. The van der Waals surface area contributed by atoms with Crippen LogP contribution in [-0.2, 0) is 0 Å². The molecule has 0 bridgehead atoms. The molecule has 92 valence electrons. The van der Waals surface area contributed by atoms with Gasteiger partial charge in [-0.1, -0.05) is 0 Å². The Morgan fingerprint density at radius 3 is 2.38 bits per heavy atom. The lowest BCUT2D eigenvalue weighted by atomic mass is 10.4. The van der Waals surface area contributed by atoms with Gasteiger partial charge in [0.15, 0.2) is 0 Å². The van der Waals surface area contributed by atoms with Crippen molar-refractivity contribution >= 4 is 0 Å². The molecule has 0 aliphatic heterocycles. The number of likely N-dealkylation sites (N-methyl/N-ethyl adjacent to an activating group) is 1.